The minimum absolute atomic E-state index is 0.446. The Morgan fingerprint density at radius 1 is 1.13 bits per heavy atom. The standard InChI is InChI=1S/C18H17ClIN6PS.C2H6/c1-10-21-17-14(9-16(19)23-18(17)26(10)27-20)22-13-5-4-11(8-15(13)28-3)12-6-7-25(2)24-12;1-2/h4-9,27H,1-3H3,(H,22,23);1-2H3. The maximum Gasteiger partial charge on any atom is 0.167 e. The normalized spacial score (nSPS) is 11.2. The van der Waals surface area contributed by atoms with Crippen molar-refractivity contribution in [2.45, 2.75) is 25.7 Å². The molecule has 0 aliphatic rings. The zero-order valence-electron chi connectivity index (χ0n) is 17.4. The Labute approximate surface area is 200 Å². The molecule has 1 unspecified atom stereocenters. The predicted octanol–water partition coefficient (Wildman–Crippen LogP) is 7.08. The van der Waals surface area contributed by atoms with Gasteiger partial charge in [0.1, 0.15) is 16.5 Å². The number of rotatable bonds is 5. The zero-order chi connectivity index (χ0) is 21.8. The molecule has 0 spiro atoms. The highest BCUT2D eigenvalue weighted by Gasteiger charge is 2.15. The molecule has 0 aliphatic carbocycles. The molecule has 1 N–H and O–H groups in total. The number of nitrogens with one attached hydrogen (secondary N) is 1. The van der Waals surface area contributed by atoms with Gasteiger partial charge >= 0.3 is 0 Å². The van der Waals surface area contributed by atoms with Crippen molar-refractivity contribution in [1.82, 2.24) is 24.1 Å². The van der Waals surface area contributed by atoms with E-state index in [9.17, 15) is 0 Å². The molecule has 0 aliphatic heterocycles. The van der Waals surface area contributed by atoms with Crippen molar-refractivity contribution in [1.29, 1.82) is 0 Å². The molecular weight excluding hydrogens is 550 g/mol. The summed E-state index contributed by atoms with van der Waals surface area (Å²) < 4.78 is 3.88. The molecule has 0 saturated heterocycles. The lowest BCUT2D eigenvalue weighted by Gasteiger charge is -2.13. The van der Waals surface area contributed by atoms with E-state index in [4.69, 9.17) is 16.6 Å². The van der Waals surface area contributed by atoms with Crippen molar-refractivity contribution in [2.24, 2.45) is 7.05 Å². The summed E-state index contributed by atoms with van der Waals surface area (Å²) in [6.45, 7) is 5.99. The van der Waals surface area contributed by atoms with Crippen molar-refractivity contribution in [3.63, 3.8) is 0 Å². The number of benzene rings is 1. The van der Waals surface area contributed by atoms with Crippen molar-refractivity contribution in [3.8, 4) is 11.3 Å². The number of hydrogen-bond acceptors (Lipinski definition) is 5. The van der Waals surface area contributed by atoms with Crippen LogP contribution in [0.15, 0.2) is 41.4 Å². The smallest absolute Gasteiger partial charge is 0.167 e. The van der Waals surface area contributed by atoms with Crippen molar-refractivity contribution >= 4 is 74.3 Å². The van der Waals surface area contributed by atoms with Gasteiger partial charge in [-0.3, -0.25) is 9.02 Å². The molecule has 1 aromatic carbocycles. The quantitative estimate of drug-likeness (QED) is 0.120. The molecule has 0 radical (unpaired) electrons. The van der Waals surface area contributed by atoms with Gasteiger partial charge in [-0.2, -0.15) is 5.10 Å². The summed E-state index contributed by atoms with van der Waals surface area (Å²) in [6.07, 6.45) is 4.52. The number of imidazole rings is 1. The largest absolute Gasteiger partial charge is 0.353 e. The van der Waals surface area contributed by atoms with Crippen molar-refractivity contribution < 1.29 is 0 Å². The lowest BCUT2D eigenvalue weighted by Crippen LogP contribution is -1.96. The fourth-order valence-electron chi connectivity index (χ4n) is 2.99. The minimum atomic E-state index is 0.446. The molecule has 1 atom stereocenters. The maximum atomic E-state index is 6.30. The minimum Gasteiger partial charge on any atom is -0.353 e. The molecule has 3 aromatic heterocycles. The first kappa shape index (κ1) is 23.3. The Hall–Kier alpha value is -1.35. The summed E-state index contributed by atoms with van der Waals surface area (Å²) in [5, 5.41) is 8.45. The molecular formula is C20H23ClIN6PS. The molecule has 30 heavy (non-hydrogen) atoms. The summed E-state index contributed by atoms with van der Waals surface area (Å²) >= 11 is 10.3. The second kappa shape index (κ2) is 10.3. The molecule has 0 saturated carbocycles. The lowest BCUT2D eigenvalue weighted by atomic mass is 10.1. The third-order valence-corrected chi connectivity index (χ3v) is 7.44. The SMILES string of the molecule is CC.CSc1cc(-c2ccn(C)n2)ccc1Nc1cc(Cl)nc2c1nc(C)n2PI. The molecule has 0 bridgehead atoms. The number of aryl methyl sites for hydroxylation is 2. The third kappa shape index (κ3) is 4.77. The number of aromatic nitrogens is 5. The highest BCUT2D eigenvalue weighted by atomic mass is 127. The Balaban J connectivity index is 0.00000124. The van der Waals surface area contributed by atoms with E-state index in [-0.39, 0.29) is 0 Å². The van der Waals surface area contributed by atoms with E-state index in [0.717, 1.165) is 44.5 Å². The van der Waals surface area contributed by atoms with E-state index in [0.29, 0.717) is 11.5 Å². The maximum absolute atomic E-state index is 6.30. The average molecular weight is 573 g/mol. The van der Waals surface area contributed by atoms with Crippen LogP contribution in [0.3, 0.4) is 0 Å². The van der Waals surface area contributed by atoms with Gasteiger partial charge in [0.25, 0.3) is 0 Å². The Morgan fingerprint density at radius 3 is 2.53 bits per heavy atom. The van der Waals surface area contributed by atoms with Gasteiger partial charge in [0.2, 0.25) is 0 Å². The van der Waals surface area contributed by atoms with Gasteiger partial charge in [-0.1, -0.05) is 31.5 Å². The van der Waals surface area contributed by atoms with Gasteiger partial charge in [-0.15, -0.1) is 11.8 Å². The van der Waals surface area contributed by atoms with Crippen LogP contribution in [0.4, 0.5) is 11.4 Å². The molecule has 3 heterocycles. The highest BCUT2D eigenvalue weighted by Crippen LogP contribution is 2.37. The fourth-order valence-corrected chi connectivity index (χ4v) is 5.90. The number of hydrogen-bond donors (Lipinski definition) is 1. The van der Waals surface area contributed by atoms with Gasteiger partial charge in [0.15, 0.2) is 5.65 Å². The van der Waals surface area contributed by atoms with E-state index in [2.05, 4.69) is 66.2 Å². The van der Waals surface area contributed by atoms with Crippen LogP contribution in [-0.2, 0) is 7.05 Å². The van der Waals surface area contributed by atoms with Crippen LogP contribution >= 0.6 is 51.8 Å². The first-order valence-electron chi connectivity index (χ1n) is 9.37. The number of anilines is 2. The molecule has 0 fully saturated rings. The van der Waals surface area contributed by atoms with Crippen LogP contribution in [0, 0.1) is 6.92 Å². The first-order chi connectivity index (χ1) is 14.5. The average Bonchev–Trinajstić information content (AvgIpc) is 3.32. The van der Waals surface area contributed by atoms with E-state index >= 15 is 0 Å². The number of fused-ring (bicyclic) bond motifs is 1. The molecule has 6 nitrogen and oxygen atoms in total. The second-order valence-corrected chi connectivity index (χ2v) is 9.46. The lowest BCUT2D eigenvalue weighted by molar-refractivity contribution is 0.771. The summed E-state index contributed by atoms with van der Waals surface area (Å²) in [6, 6.07) is 10.1. The molecule has 4 aromatic rings. The van der Waals surface area contributed by atoms with Crippen molar-refractivity contribution in [2.75, 3.05) is 11.6 Å². The van der Waals surface area contributed by atoms with Crippen molar-refractivity contribution in [3.05, 3.63) is 47.5 Å². The molecule has 4 rings (SSSR count). The van der Waals surface area contributed by atoms with E-state index in [1.165, 1.54) is 0 Å². The van der Waals surface area contributed by atoms with Gasteiger partial charge in [-0.25, -0.2) is 9.97 Å². The molecule has 158 valence electrons. The predicted molar refractivity (Wildman–Crippen MR) is 140 cm³/mol. The van der Waals surface area contributed by atoms with E-state index in [1.54, 1.807) is 11.8 Å². The van der Waals surface area contributed by atoms with E-state index < -0.39 is 0 Å². The van der Waals surface area contributed by atoms with Crippen LogP contribution in [-0.4, -0.2) is 30.3 Å². The van der Waals surface area contributed by atoms with Gasteiger partial charge in [0, 0.05) is 29.8 Å². The van der Waals surface area contributed by atoms with Crippen LogP contribution in [0.1, 0.15) is 19.7 Å². The zero-order valence-corrected chi connectivity index (χ0v) is 22.1. The number of pyridine rings is 1. The third-order valence-electron chi connectivity index (χ3n) is 4.32. The van der Waals surface area contributed by atoms with E-state index in [1.807, 2.05) is 50.8 Å². The Kier molecular flexibility index (Phi) is 8.01. The summed E-state index contributed by atoms with van der Waals surface area (Å²) in [5.41, 5.74) is 5.52. The topological polar surface area (TPSA) is 60.6 Å². The number of nitrogens with zero attached hydrogens (tertiary/aromatic N) is 5. The van der Waals surface area contributed by atoms with Crippen LogP contribution in [0.5, 0.6) is 0 Å². The summed E-state index contributed by atoms with van der Waals surface area (Å²) in [4.78, 5) is 10.3. The molecule has 10 heteroatoms. The molecule has 0 amide bonds. The fraction of sp³-hybridized carbons (Fsp3) is 0.250. The summed E-state index contributed by atoms with van der Waals surface area (Å²) in [7, 11) is 1.92. The van der Waals surface area contributed by atoms with Crippen LogP contribution in [0.2, 0.25) is 5.15 Å². The van der Waals surface area contributed by atoms with Crippen LogP contribution < -0.4 is 5.32 Å². The van der Waals surface area contributed by atoms with Gasteiger partial charge in [-0.05, 0) is 53.4 Å². The summed E-state index contributed by atoms with van der Waals surface area (Å²) in [5.74, 6) is 0.927. The Morgan fingerprint density at radius 2 is 1.90 bits per heavy atom. The first-order valence-corrected chi connectivity index (χ1v) is 15.0. The number of halogens is 2. The second-order valence-electron chi connectivity index (χ2n) is 6.16. The monoisotopic (exact) mass is 572 g/mol. The van der Waals surface area contributed by atoms with Gasteiger partial charge < -0.3 is 5.32 Å². The number of thioether (sulfide) groups is 1. The van der Waals surface area contributed by atoms with Crippen LogP contribution in [0.25, 0.3) is 22.4 Å². The highest BCUT2D eigenvalue weighted by molar-refractivity contribution is 14.2. The van der Waals surface area contributed by atoms with Gasteiger partial charge in [0.05, 0.1) is 23.4 Å². The Bertz CT molecular complexity index is 1180.